The lowest BCUT2D eigenvalue weighted by atomic mass is 10.1. The van der Waals surface area contributed by atoms with Gasteiger partial charge in [0.1, 0.15) is 18.2 Å². The van der Waals surface area contributed by atoms with Gasteiger partial charge in [0, 0.05) is 28.4 Å². The van der Waals surface area contributed by atoms with Crippen molar-refractivity contribution in [2.24, 2.45) is 5.10 Å². The number of aromatic nitrogens is 1. The highest BCUT2D eigenvalue weighted by atomic mass is 19.1. The molecule has 0 aliphatic heterocycles. The van der Waals surface area contributed by atoms with Crippen molar-refractivity contribution in [3.8, 4) is 6.07 Å². The third-order valence-electron chi connectivity index (χ3n) is 4.97. The number of fused-ring (bicyclic) bond motifs is 1. The Morgan fingerprint density at radius 3 is 2.56 bits per heavy atom. The van der Waals surface area contributed by atoms with Crippen molar-refractivity contribution >= 4 is 34.6 Å². The Balaban J connectivity index is 1.49. The molecule has 4 rings (SSSR count). The third-order valence-corrected chi connectivity index (χ3v) is 4.97. The molecule has 0 unspecified atom stereocenters. The van der Waals surface area contributed by atoms with Gasteiger partial charge in [-0.1, -0.05) is 18.2 Å². The molecule has 7 nitrogen and oxygen atoms in total. The van der Waals surface area contributed by atoms with Crippen LogP contribution in [0.2, 0.25) is 0 Å². The van der Waals surface area contributed by atoms with Crippen LogP contribution in [-0.2, 0) is 11.3 Å². The van der Waals surface area contributed by atoms with Gasteiger partial charge in [-0.15, -0.1) is 0 Å². The van der Waals surface area contributed by atoms with Crippen LogP contribution < -0.4 is 10.7 Å². The molecular weight excluding hydrogens is 440 g/mol. The smallest absolute Gasteiger partial charge is 0.274 e. The maximum atomic E-state index is 14.0. The first-order valence-electron chi connectivity index (χ1n) is 10.1. The first kappa shape index (κ1) is 22.4. The molecule has 0 saturated heterocycles. The minimum absolute atomic E-state index is 0.00542. The second kappa shape index (κ2) is 9.75. The highest BCUT2D eigenvalue weighted by molar-refractivity contribution is 6.01. The number of anilines is 1. The van der Waals surface area contributed by atoms with Crippen LogP contribution in [0, 0.1) is 23.0 Å². The number of para-hydroxylation sites is 1. The van der Waals surface area contributed by atoms with Gasteiger partial charge in [0.15, 0.2) is 0 Å². The zero-order chi connectivity index (χ0) is 24.1. The fourth-order valence-electron chi connectivity index (χ4n) is 3.39. The number of hydrogen-bond acceptors (Lipinski definition) is 4. The third kappa shape index (κ3) is 4.97. The predicted octanol–water partition coefficient (Wildman–Crippen LogP) is 4.19. The van der Waals surface area contributed by atoms with Crippen molar-refractivity contribution < 1.29 is 18.4 Å². The van der Waals surface area contributed by atoms with Crippen LogP contribution in [0.25, 0.3) is 10.9 Å². The number of amides is 2. The van der Waals surface area contributed by atoms with E-state index < -0.39 is 17.5 Å². The van der Waals surface area contributed by atoms with E-state index >= 15 is 0 Å². The molecule has 0 aliphatic rings. The number of hydrazone groups is 1. The SMILES string of the molecule is N#Cc1ccc(C(=O)N/N=C\c2cn(CC(=O)Nc3ccc(F)cc3)c3ccccc23)c(F)c1. The van der Waals surface area contributed by atoms with Gasteiger partial charge in [-0.2, -0.15) is 10.4 Å². The summed E-state index contributed by atoms with van der Waals surface area (Å²) < 4.78 is 28.8. The summed E-state index contributed by atoms with van der Waals surface area (Å²) in [6, 6.07) is 18.1. The molecule has 0 radical (unpaired) electrons. The number of carbonyl (C=O) groups is 2. The van der Waals surface area contributed by atoms with Crippen LogP contribution in [0.4, 0.5) is 14.5 Å². The Bertz CT molecular complexity index is 1450. The van der Waals surface area contributed by atoms with Gasteiger partial charge < -0.3 is 9.88 Å². The first-order chi connectivity index (χ1) is 16.4. The van der Waals surface area contributed by atoms with Gasteiger partial charge in [0.25, 0.3) is 5.91 Å². The lowest BCUT2D eigenvalue weighted by Gasteiger charge is -2.07. The average molecular weight is 457 g/mol. The van der Waals surface area contributed by atoms with Crippen molar-refractivity contribution in [1.82, 2.24) is 9.99 Å². The van der Waals surface area contributed by atoms with Crippen molar-refractivity contribution in [3.63, 3.8) is 0 Å². The van der Waals surface area contributed by atoms with E-state index in [4.69, 9.17) is 5.26 Å². The first-order valence-corrected chi connectivity index (χ1v) is 10.1. The van der Waals surface area contributed by atoms with Crippen LogP contribution >= 0.6 is 0 Å². The minimum atomic E-state index is -0.824. The zero-order valence-electron chi connectivity index (χ0n) is 17.6. The summed E-state index contributed by atoms with van der Waals surface area (Å²) in [5, 5.41) is 16.2. The quantitative estimate of drug-likeness (QED) is 0.335. The number of nitriles is 1. The van der Waals surface area contributed by atoms with Gasteiger partial charge in [-0.25, -0.2) is 14.2 Å². The van der Waals surface area contributed by atoms with E-state index in [0.29, 0.717) is 11.3 Å². The second-order valence-corrected chi connectivity index (χ2v) is 7.29. The van der Waals surface area contributed by atoms with Crippen LogP contribution in [0.1, 0.15) is 21.5 Å². The Kier molecular flexibility index (Phi) is 6.41. The lowest BCUT2D eigenvalue weighted by Crippen LogP contribution is -2.19. The second-order valence-electron chi connectivity index (χ2n) is 7.29. The van der Waals surface area contributed by atoms with E-state index in [1.165, 1.54) is 42.6 Å². The molecule has 3 aromatic carbocycles. The van der Waals surface area contributed by atoms with E-state index in [1.54, 1.807) is 16.8 Å². The fourth-order valence-corrected chi connectivity index (χ4v) is 3.39. The summed E-state index contributed by atoms with van der Waals surface area (Å²) >= 11 is 0. The summed E-state index contributed by atoms with van der Waals surface area (Å²) in [6.45, 7) is -0.00542. The molecular formula is C25H17F2N5O2. The minimum Gasteiger partial charge on any atom is -0.337 e. The van der Waals surface area contributed by atoms with E-state index in [1.807, 2.05) is 24.3 Å². The lowest BCUT2D eigenvalue weighted by molar-refractivity contribution is -0.116. The van der Waals surface area contributed by atoms with Crippen LogP contribution in [0.3, 0.4) is 0 Å². The van der Waals surface area contributed by atoms with Crippen LogP contribution in [0.5, 0.6) is 0 Å². The van der Waals surface area contributed by atoms with Crippen molar-refractivity contribution in [3.05, 3.63) is 101 Å². The number of halogens is 2. The molecule has 0 saturated carbocycles. The van der Waals surface area contributed by atoms with Crippen molar-refractivity contribution in [1.29, 1.82) is 5.26 Å². The molecule has 2 amide bonds. The van der Waals surface area contributed by atoms with E-state index in [0.717, 1.165) is 17.0 Å². The zero-order valence-corrected chi connectivity index (χ0v) is 17.6. The summed E-state index contributed by atoms with van der Waals surface area (Å²) in [4.78, 5) is 24.7. The average Bonchev–Trinajstić information content (AvgIpc) is 3.17. The molecule has 4 aromatic rings. The molecule has 1 aromatic heterocycles. The molecule has 1 heterocycles. The number of benzene rings is 3. The maximum absolute atomic E-state index is 14.0. The summed E-state index contributed by atoms with van der Waals surface area (Å²) in [6.07, 6.45) is 3.10. The monoisotopic (exact) mass is 457 g/mol. The molecule has 9 heteroatoms. The molecule has 0 bridgehead atoms. The van der Waals surface area contributed by atoms with Gasteiger partial charge in [0.05, 0.1) is 23.4 Å². The normalized spacial score (nSPS) is 10.9. The number of rotatable bonds is 6. The molecule has 2 N–H and O–H groups in total. The molecule has 0 fully saturated rings. The topological polar surface area (TPSA) is 99.3 Å². The van der Waals surface area contributed by atoms with E-state index in [9.17, 15) is 18.4 Å². The van der Waals surface area contributed by atoms with Gasteiger partial charge in [-0.05, 0) is 48.5 Å². The summed E-state index contributed by atoms with van der Waals surface area (Å²) in [5.74, 6) is -2.29. The Morgan fingerprint density at radius 1 is 1.06 bits per heavy atom. The molecule has 0 aliphatic carbocycles. The summed E-state index contributed by atoms with van der Waals surface area (Å²) in [5.41, 5.74) is 4.00. The summed E-state index contributed by atoms with van der Waals surface area (Å²) in [7, 11) is 0. The van der Waals surface area contributed by atoms with Crippen molar-refractivity contribution in [2.75, 3.05) is 5.32 Å². The number of carbonyl (C=O) groups excluding carboxylic acids is 2. The van der Waals surface area contributed by atoms with Crippen LogP contribution in [-0.4, -0.2) is 22.6 Å². The van der Waals surface area contributed by atoms with Crippen molar-refractivity contribution in [2.45, 2.75) is 6.54 Å². The van der Waals surface area contributed by atoms with E-state index in [2.05, 4.69) is 15.8 Å². The van der Waals surface area contributed by atoms with E-state index in [-0.39, 0.29) is 23.6 Å². The van der Waals surface area contributed by atoms with Gasteiger partial charge in [0.2, 0.25) is 5.91 Å². The fraction of sp³-hybridized carbons (Fsp3) is 0.0400. The highest BCUT2D eigenvalue weighted by Gasteiger charge is 2.13. The Morgan fingerprint density at radius 2 is 1.82 bits per heavy atom. The highest BCUT2D eigenvalue weighted by Crippen LogP contribution is 2.20. The Labute approximate surface area is 192 Å². The maximum Gasteiger partial charge on any atom is 0.274 e. The Hall–Kier alpha value is -4.84. The standard InChI is InChI=1S/C25H17F2N5O2/c26-18-6-8-19(9-7-18)30-24(33)15-32-14-17(20-3-1-2-4-23(20)32)13-29-31-25(34)21-10-5-16(12-28)11-22(21)27/h1-11,13-14H,15H2,(H,30,33)(H,31,34)/b29-13-. The van der Waals surface area contributed by atoms with Gasteiger partial charge in [-0.3, -0.25) is 9.59 Å². The largest absolute Gasteiger partial charge is 0.337 e. The van der Waals surface area contributed by atoms with Gasteiger partial charge >= 0.3 is 0 Å². The molecule has 0 spiro atoms. The number of hydrogen-bond donors (Lipinski definition) is 2. The molecule has 0 atom stereocenters. The molecule has 168 valence electrons. The molecule has 34 heavy (non-hydrogen) atoms. The van der Waals surface area contributed by atoms with Crippen LogP contribution in [0.15, 0.2) is 78.0 Å². The predicted molar refractivity (Wildman–Crippen MR) is 123 cm³/mol. The number of nitrogens with one attached hydrogen (secondary N) is 2. The number of nitrogens with zero attached hydrogens (tertiary/aromatic N) is 3.